The van der Waals surface area contributed by atoms with E-state index in [1.807, 2.05) is 0 Å². The summed E-state index contributed by atoms with van der Waals surface area (Å²) in [4.78, 5) is 0. The van der Waals surface area contributed by atoms with E-state index < -0.39 is 0 Å². The fourth-order valence-electron chi connectivity index (χ4n) is 1.70. The number of aryl methyl sites for hydroxylation is 3. The number of fused-ring (bicyclic) bond motifs is 1. The summed E-state index contributed by atoms with van der Waals surface area (Å²) in [6.45, 7) is 6.53. The lowest BCUT2D eigenvalue weighted by Gasteiger charge is -1.98. The van der Waals surface area contributed by atoms with Crippen molar-refractivity contribution in [3.05, 3.63) is 34.9 Å². The number of rotatable bonds is 1. The van der Waals surface area contributed by atoms with Gasteiger partial charge in [-0.05, 0) is 37.3 Å². The molecule has 86 valence electrons. The zero-order chi connectivity index (χ0) is 10.4. The van der Waals surface area contributed by atoms with Crippen molar-refractivity contribution in [3.63, 3.8) is 0 Å². The molecule has 1 aliphatic rings. The molecule has 0 aliphatic heterocycles. The van der Waals surface area contributed by atoms with Crippen molar-refractivity contribution in [2.45, 2.75) is 60.3 Å². The summed E-state index contributed by atoms with van der Waals surface area (Å²) in [6.07, 6.45) is 6.60. The van der Waals surface area contributed by atoms with Crippen LogP contribution in [0.4, 0.5) is 0 Å². The smallest absolute Gasteiger partial charge is 0.0273 e. The summed E-state index contributed by atoms with van der Waals surface area (Å²) in [5.74, 6) is 0. The van der Waals surface area contributed by atoms with Crippen molar-refractivity contribution in [3.8, 4) is 0 Å². The van der Waals surface area contributed by atoms with Crippen molar-refractivity contribution in [2.24, 2.45) is 0 Å². The molecular formula is C15H26. The molecule has 1 aromatic rings. The highest BCUT2D eigenvalue weighted by atomic mass is 14.1. The molecule has 0 unspecified atom stereocenters. The summed E-state index contributed by atoms with van der Waals surface area (Å²) in [7, 11) is 0. The standard InChI is InChI=1S/C10H12.C4H10.CH4/c1-8-5-6-9-3-2-4-10(9)7-8;1-3-4-2;/h5-7H,2-4H2,1H3;3-4H2,1-2H3;1H4. The lowest BCUT2D eigenvalue weighted by Crippen LogP contribution is -1.81. The molecular weight excluding hydrogens is 180 g/mol. The third-order valence-corrected chi connectivity index (χ3v) is 2.75. The van der Waals surface area contributed by atoms with Gasteiger partial charge in [0.2, 0.25) is 0 Å². The van der Waals surface area contributed by atoms with Gasteiger partial charge in [-0.3, -0.25) is 0 Å². The van der Waals surface area contributed by atoms with Crippen molar-refractivity contribution in [2.75, 3.05) is 0 Å². The Morgan fingerprint density at radius 1 is 1.00 bits per heavy atom. The molecule has 0 amide bonds. The van der Waals surface area contributed by atoms with Crippen LogP contribution in [0.25, 0.3) is 0 Å². The molecule has 0 radical (unpaired) electrons. The molecule has 0 nitrogen and oxygen atoms in total. The van der Waals surface area contributed by atoms with Crippen molar-refractivity contribution in [1.29, 1.82) is 0 Å². The summed E-state index contributed by atoms with van der Waals surface area (Å²) in [5, 5.41) is 0. The Balaban J connectivity index is 0.000000346. The number of benzene rings is 1. The minimum absolute atomic E-state index is 0. The summed E-state index contributed by atoms with van der Waals surface area (Å²) < 4.78 is 0. The molecule has 1 aromatic carbocycles. The Kier molecular flexibility index (Phi) is 7.11. The van der Waals surface area contributed by atoms with Crippen LogP contribution >= 0.6 is 0 Å². The number of hydrogen-bond acceptors (Lipinski definition) is 0. The molecule has 1 aliphatic carbocycles. The predicted octanol–water partition coefficient (Wildman–Crippen LogP) is 4.93. The third kappa shape index (κ3) is 4.51. The average molecular weight is 206 g/mol. The van der Waals surface area contributed by atoms with Gasteiger partial charge in [0, 0.05) is 0 Å². The highest BCUT2D eigenvalue weighted by molar-refractivity contribution is 5.34. The van der Waals surface area contributed by atoms with Crippen LogP contribution in [0.5, 0.6) is 0 Å². The van der Waals surface area contributed by atoms with E-state index in [2.05, 4.69) is 39.0 Å². The lowest BCUT2D eigenvalue weighted by atomic mass is 10.1. The van der Waals surface area contributed by atoms with Crippen LogP contribution in [0.2, 0.25) is 0 Å². The van der Waals surface area contributed by atoms with Gasteiger partial charge in [-0.25, -0.2) is 0 Å². The maximum atomic E-state index is 2.32. The van der Waals surface area contributed by atoms with Crippen LogP contribution in [0, 0.1) is 6.92 Å². The fourth-order valence-corrected chi connectivity index (χ4v) is 1.70. The summed E-state index contributed by atoms with van der Waals surface area (Å²) in [6, 6.07) is 6.81. The van der Waals surface area contributed by atoms with E-state index in [-0.39, 0.29) is 7.43 Å². The molecule has 0 saturated heterocycles. The molecule has 2 rings (SSSR count). The molecule has 15 heavy (non-hydrogen) atoms. The van der Waals surface area contributed by atoms with Crippen molar-refractivity contribution >= 4 is 0 Å². The third-order valence-electron chi connectivity index (χ3n) is 2.75. The van der Waals surface area contributed by atoms with Crippen molar-refractivity contribution < 1.29 is 0 Å². The summed E-state index contributed by atoms with van der Waals surface area (Å²) >= 11 is 0. The Labute approximate surface area is 95.7 Å². The minimum Gasteiger partial charge on any atom is -0.0776 e. The second-order valence-corrected chi connectivity index (χ2v) is 4.13. The largest absolute Gasteiger partial charge is 0.0776 e. The predicted molar refractivity (Wildman–Crippen MR) is 70.5 cm³/mol. The zero-order valence-corrected chi connectivity index (χ0v) is 9.77. The molecule has 0 saturated carbocycles. The van der Waals surface area contributed by atoms with Gasteiger partial charge in [0.1, 0.15) is 0 Å². The molecule has 0 fully saturated rings. The maximum absolute atomic E-state index is 2.32. The second-order valence-electron chi connectivity index (χ2n) is 4.13. The number of hydrogen-bond donors (Lipinski definition) is 0. The average Bonchev–Trinajstić information content (AvgIpc) is 2.65. The van der Waals surface area contributed by atoms with Gasteiger partial charge < -0.3 is 0 Å². The van der Waals surface area contributed by atoms with E-state index in [0.29, 0.717) is 0 Å². The molecule has 0 bridgehead atoms. The van der Waals surface area contributed by atoms with Crippen LogP contribution in [0.3, 0.4) is 0 Å². The number of unbranched alkanes of at least 4 members (excludes halogenated alkanes) is 1. The first-order chi connectivity index (χ1) is 6.77. The van der Waals surface area contributed by atoms with Crippen LogP contribution in [-0.4, -0.2) is 0 Å². The summed E-state index contributed by atoms with van der Waals surface area (Å²) in [5.41, 5.74) is 4.56. The highest BCUT2D eigenvalue weighted by Crippen LogP contribution is 2.22. The van der Waals surface area contributed by atoms with Gasteiger partial charge in [-0.2, -0.15) is 0 Å². The molecule has 0 aromatic heterocycles. The second kappa shape index (κ2) is 7.50. The zero-order valence-electron chi connectivity index (χ0n) is 9.77. The quantitative estimate of drug-likeness (QED) is 0.611. The first-order valence-corrected chi connectivity index (χ1v) is 5.86. The maximum Gasteiger partial charge on any atom is -0.0273 e. The minimum atomic E-state index is 0. The van der Waals surface area contributed by atoms with Crippen LogP contribution in [-0.2, 0) is 12.8 Å². The van der Waals surface area contributed by atoms with Gasteiger partial charge >= 0.3 is 0 Å². The van der Waals surface area contributed by atoms with Crippen LogP contribution < -0.4 is 0 Å². The fraction of sp³-hybridized carbons (Fsp3) is 0.600. The Hall–Kier alpha value is -0.780. The molecule has 0 heteroatoms. The lowest BCUT2D eigenvalue weighted by molar-refractivity contribution is 0.886. The van der Waals surface area contributed by atoms with Crippen LogP contribution in [0.15, 0.2) is 18.2 Å². The van der Waals surface area contributed by atoms with E-state index in [4.69, 9.17) is 0 Å². The first-order valence-electron chi connectivity index (χ1n) is 5.86. The van der Waals surface area contributed by atoms with E-state index >= 15 is 0 Å². The monoisotopic (exact) mass is 206 g/mol. The van der Waals surface area contributed by atoms with E-state index in [1.165, 1.54) is 37.7 Å². The van der Waals surface area contributed by atoms with Gasteiger partial charge in [0.15, 0.2) is 0 Å². The Bertz CT molecular complexity index is 271. The van der Waals surface area contributed by atoms with E-state index in [1.54, 1.807) is 11.1 Å². The Morgan fingerprint density at radius 2 is 1.60 bits per heavy atom. The molecule has 0 N–H and O–H groups in total. The van der Waals surface area contributed by atoms with Gasteiger partial charge in [0.25, 0.3) is 0 Å². The normalized spacial score (nSPS) is 12.2. The van der Waals surface area contributed by atoms with Gasteiger partial charge in [-0.1, -0.05) is 57.9 Å². The molecule has 0 spiro atoms. The van der Waals surface area contributed by atoms with Gasteiger partial charge in [0.05, 0.1) is 0 Å². The SMILES string of the molecule is C.CCCC.Cc1ccc2c(c1)CCC2. The molecule has 0 atom stereocenters. The van der Waals surface area contributed by atoms with E-state index in [9.17, 15) is 0 Å². The Morgan fingerprint density at radius 3 is 2.20 bits per heavy atom. The van der Waals surface area contributed by atoms with E-state index in [0.717, 1.165) is 0 Å². The van der Waals surface area contributed by atoms with Crippen molar-refractivity contribution in [1.82, 2.24) is 0 Å². The van der Waals surface area contributed by atoms with Crippen LogP contribution in [0.1, 0.15) is 57.2 Å². The van der Waals surface area contributed by atoms with Gasteiger partial charge in [-0.15, -0.1) is 0 Å². The first kappa shape index (κ1) is 14.2. The highest BCUT2D eigenvalue weighted by Gasteiger charge is 2.08. The molecule has 0 heterocycles. The topological polar surface area (TPSA) is 0 Å².